The van der Waals surface area contributed by atoms with Gasteiger partial charge in [0.25, 0.3) is 0 Å². The molecule has 0 fully saturated rings. The highest BCUT2D eigenvalue weighted by atomic mass is 16.3. The summed E-state index contributed by atoms with van der Waals surface area (Å²) in [7, 11) is 0. The zero-order valence-corrected chi connectivity index (χ0v) is 11.6. The number of anilines is 1. The standard InChI is InChI=1S/C16H15NO3/c1-7-5-4-6-10-13(18)11-14(19)12(17)8(2)9(3)16(11)20-15(7)10/h4-6,19H,17H2,1-3H3. The SMILES string of the molecule is Cc1c(N)c(O)c2c(=O)c3cccc(C)c3oc2c1C. The molecule has 0 bridgehead atoms. The van der Waals surface area contributed by atoms with Crippen molar-refractivity contribution >= 4 is 27.6 Å². The molecule has 1 aromatic heterocycles. The van der Waals surface area contributed by atoms with Gasteiger partial charge in [-0.15, -0.1) is 0 Å². The lowest BCUT2D eigenvalue weighted by Gasteiger charge is -2.12. The molecule has 0 radical (unpaired) electrons. The molecule has 0 saturated carbocycles. The van der Waals surface area contributed by atoms with E-state index in [1.807, 2.05) is 19.9 Å². The van der Waals surface area contributed by atoms with E-state index >= 15 is 0 Å². The maximum atomic E-state index is 12.6. The number of phenolic OH excluding ortho intramolecular Hbond substituents is 1. The molecule has 2 aromatic carbocycles. The number of hydrogen-bond donors (Lipinski definition) is 2. The zero-order valence-electron chi connectivity index (χ0n) is 11.6. The first-order valence-electron chi connectivity index (χ1n) is 6.37. The predicted molar refractivity (Wildman–Crippen MR) is 80.3 cm³/mol. The zero-order chi connectivity index (χ0) is 14.6. The smallest absolute Gasteiger partial charge is 0.204 e. The Morgan fingerprint density at radius 1 is 1.10 bits per heavy atom. The molecule has 102 valence electrons. The third kappa shape index (κ3) is 1.45. The molecular weight excluding hydrogens is 254 g/mol. The number of fused-ring (bicyclic) bond motifs is 2. The van der Waals surface area contributed by atoms with Crippen LogP contribution in [-0.2, 0) is 0 Å². The topological polar surface area (TPSA) is 76.5 Å². The van der Waals surface area contributed by atoms with Gasteiger partial charge in [-0.05, 0) is 43.5 Å². The molecule has 3 aromatic rings. The van der Waals surface area contributed by atoms with Gasteiger partial charge in [0.15, 0.2) is 5.75 Å². The van der Waals surface area contributed by atoms with Crippen LogP contribution in [0.4, 0.5) is 5.69 Å². The lowest BCUT2D eigenvalue weighted by atomic mass is 10.0. The average Bonchev–Trinajstić information content (AvgIpc) is 2.43. The number of nitrogens with two attached hydrogens (primary N) is 1. The molecule has 0 atom stereocenters. The lowest BCUT2D eigenvalue weighted by Crippen LogP contribution is -2.06. The summed E-state index contributed by atoms with van der Waals surface area (Å²) in [6.07, 6.45) is 0. The van der Waals surface area contributed by atoms with E-state index in [0.29, 0.717) is 16.6 Å². The Morgan fingerprint density at radius 2 is 1.80 bits per heavy atom. The molecular formula is C16H15NO3. The van der Waals surface area contributed by atoms with Crippen molar-refractivity contribution < 1.29 is 9.52 Å². The number of aromatic hydroxyl groups is 1. The van der Waals surface area contributed by atoms with Crippen LogP contribution in [0.5, 0.6) is 5.75 Å². The Morgan fingerprint density at radius 3 is 2.50 bits per heavy atom. The summed E-state index contributed by atoms with van der Waals surface area (Å²) < 4.78 is 5.89. The number of phenols is 1. The van der Waals surface area contributed by atoms with Crippen molar-refractivity contribution in [2.24, 2.45) is 0 Å². The van der Waals surface area contributed by atoms with Crippen LogP contribution >= 0.6 is 0 Å². The number of nitrogen functional groups attached to an aromatic ring is 1. The van der Waals surface area contributed by atoms with Gasteiger partial charge in [0.2, 0.25) is 5.43 Å². The number of para-hydroxylation sites is 1. The van der Waals surface area contributed by atoms with E-state index < -0.39 is 0 Å². The fraction of sp³-hybridized carbons (Fsp3) is 0.188. The summed E-state index contributed by atoms with van der Waals surface area (Å²) in [5.74, 6) is -0.194. The van der Waals surface area contributed by atoms with Crippen molar-refractivity contribution in [3.05, 3.63) is 45.1 Å². The van der Waals surface area contributed by atoms with Gasteiger partial charge in [-0.25, -0.2) is 0 Å². The minimum Gasteiger partial charge on any atom is -0.505 e. The van der Waals surface area contributed by atoms with Crippen LogP contribution in [0, 0.1) is 20.8 Å². The van der Waals surface area contributed by atoms with Gasteiger partial charge in [0, 0.05) is 0 Å². The number of rotatable bonds is 0. The molecule has 1 heterocycles. The van der Waals surface area contributed by atoms with Crippen LogP contribution in [0.1, 0.15) is 16.7 Å². The van der Waals surface area contributed by atoms with Gasteiger partial charge in [-0.2, -0.15) is 0 Å². The van der Waals surface area contributed by atoms with Gasteiger partial charge in [-0.3, -0.25) is 4.79 Å². The van der Waals surface area contributed by atoms with Crippen LogP contribution in [0.2, 0.25) is 0 Å². The van der Waals surface area contributed by atoms with Crippen LogP contribution in [0.15, 0.2) is 27.4 Å². The summed E-state index contributed by atoms with van der Waals surface area (Å²) in [4.78, 5) is 12.6. The molecule has 4 heteroatoms. The van der Waals surface area contributed by atoms with Gasteiger partial charge in [0.05, 0.1) is 11.1 Å². The second kappa shape index (κ2) is 4.00. The Balaban J connectivity index is 2.72. The minimum absolute atomic E-state index is 0.156. The lowest BCUT2D eigenvalue weighted by molar-refractivity contribution is 0.482. The quantitative estimate of drug-likeness (QED) is 0.373. The Hall–Kier alpha value is -2.49. The largest absolute Gasteiger partial charge is 0.505 e. The third-order valence-electron chi connectivity index (χ3n) is 3.91. The van der Waals surface area contributed by atoms with Crippen LogP contribution in [0.25, 0.3) is 21.9 Å². The van der Waals surface area contributed by atoms with E-state index in [1.165, 1.54) is 0 Å². The van der Waals surface area contributed by atoms with Gasteiger partial charge >= 0.3 is 0 Å². The molecule has 4 nitrogen and oxygen atoms in total. The van der Waals surface area contributed by atoms with Crippen LogP contribution in [0.3, 0.4) is 0 Å². The first-order chi connectivity index (χ1) is 9.43. The first kappa shape index (κ1) is 12.5. The van der Waals surface area contributed by atoms with Crippen molar-refractivity contribution in [1.29, 1.82) is 0 Å². The number of aryl methyl sites for hydroxylation is 2. The highest BCUT2D eigenvalue weighted by Gasteiger charge is 2.19. The van der Waals surface area contributed by atoms with Crippen molar-refractivity contribution in [2.45, 2.75) is 20.8 Å². The first-order valence-corrected chi connectivity index (χ1v) is 6.37. The average molecular weight is 269 g/mol. The second-order valence-corrected chi connectivity index (χ2v) is 5.10. The molecule has 0 spiro atoms. The summed E-state index contributed by atoms with van der Waals surface area (Å²) in [5, 5.41) is 10.8. The van der Waals surface area contributed by atoms with E-state index in [2.05, 4.69) is 0 Å². The van der Waals surface area contributed by atoms with E-state index in [9.17, 15) is 9.90 Å². The van der Waals surface area contributed by atoms with Gasteiger partial charge in [-0.1, -0.05) is 12.1 Å². The highest BCUT2D eigenvalue weighted by Crippen LogP contribution is 2.36. The van der Waals surface area contributed by atoms with E-state index in [0.717, 1.165) is 16.7 Å². The predicted octanol–water partition coefficient (Wildman–Crippen LogP) is 3.16. The maximum absolute atomic E-state index is 12.6. The Bertz CT molecular complexity index is 923. The fourth-order valence-corrected chi connectivity index (χ4v) is 2.52. The van der Waals surface area contributed by atoms with Crippen molar-refractivity contribution in [2.75, 3.05) is 5.73 Å². The summed E-state index contributed by atoms with van der Waals surface area (Å²) in [6.45, 7) is 5.52. The van der Waals surface area contributed by atoms with E-state index in [1.54, 1.807) is 19.1 Å². The van der Waals surface area contributed by atoms with Gasteiger partial charge in [0.1, 0.15) is 16.6 Å². The van der Waals surface area contributed by atoms with Crippen molar-refractivity contribution in [3.8, 4) is 5.75 Å². The molecule has 20 heavy (non-hydrogen) atoms. The second-order valence-electron chi connectivity index (χ2n) is 5.10. The Kier molecular flexibility index (Phi) is 2.51. The summed E-state index contributed by atoms with van der Waals surface area (Å²) in [5.41, 5.74) is 9.18. The minimum atomic E-state index is -0.253. The van der Waals surface area contributed by atoms with Crippen LogP contribution in [-0.4, -0.2) is 5.11 Å². The number of hydrogen-bond acceptors (Lipinski definition) is 4. The highest BCUT2D eigenvalue weighted by molar-refractivity contribution is 5.99. The monoisotopic (exact) mass is 269 g/mol. The maximum Gasteiger partial charge on any atom is 0.204 e. The van der Waals surface area contributed by atoms with Crippen molar-refractivity contribution in [1.82, 2.24) is 0 Å². The van der Waals surface area contributed by atoms with Crippen molar-refractivity contribution in [3.63, 3.8) is 0 Å². The molecule has 0 aliphatic carbocycles. The molecule has 0 aliphatic heterocycles. The van der Waals surface area contributed by atoms with Crippen LogP contribution < -0.4 is 11.2 Å². The normalized spacial score (nSPS) is 11.3. The summed E-state index contributed by atoms with van der Waals surface area (Å²) >= 11 is 0. The molecule has 3 N–H and O–H groups in total. The van der Waals surface area contributed by atoms with Gasteiger partial charge < -0.3 is 15.3 Å². The van der Waals surface area contributed by atoms with E-state index in [-0.39, 0.29) is 22.3 Å². The van der Waals surface area contributed by atoms with E-state index in [4.69, 9.17) is 10.2 Å². The molecule has 0 amide bonds. The molecule has 0 unspecified atom stereocenters. The molecule has 0 saturated heterocycles. The molecule has 0 aliphatic rings. The molecule has 3 rings (SSSR count). The Labute approximate surface area is 115 Å². The fourth-order valence-electron chi connectivity index (χ4n) is 2.52. The number of benzene rings is 2. The summed E-state index contributed by atoms with van der Waals surface area (Å²) in [6, 6.07) is 5.37. The third-order valence-corrected chi connectivity index (χ3v) is 3.91.